The number of anilines is 1. The molecule has 0 aliphatic carbocycles. The van der Waals surface area contributed by atoms with E-state index in [-0.39, 0.29) is 17.5 Å². The molecule has 0 spiro atoms. The van der Waals surface area contributed by atoms with Gasteiger partial charge in [-0.3, -0.25) is 14.4 Å². The molecule has 1 fully saturated rings. The largest absolute Gasteiger partial charge is 0.480 e. The van der Waals surface area contributed by atoms with E-state index >= 15 is 0 Å². The van der Waals surface area contributed by atoms with Crippen molar-refractivity contribution >= 4 is 46.0 Å². The van der Waals surface area contributed by atoms with Gasteiger partial charge in [0.1, 0.15) is 10.3 Å². The zero-order valence-electron chi connectivity index (χ0n) is 10.9. The van der Waals surface area contributed by atoms with Crippen molar-refractivity contribution in [1.29, 1.82) is 0 Å². The van der Waals surface area contributed by atoms with Crippen molar-refractivity contribution in [1.82, 2.24) is 10.2 Å². The summed E-state index contributed by atoms with van der Waals surface area (Å²) in [7, 11) is 0. The van der Waals surface area contributed by atoms with Gasteiger partial charge < -0.3 is 5.11 Å². The number of carboxylic acid groups (broad SMARTS) is 1. The van der Waals surface area contributed by atoms with E-state index in [1.54, 1.807) is 0 Å². The van der Waals surface area contributed by atoms with Crippen molar-refractivity contribution in [3.8, 4) is 0 Å². The SMILES string of the molecule is CCc1nnc(N2C(=O)CC(SC(C)C(=O)O)C2=O)s1. The minimum atomic E-state index is -1.00. The average Bonchev–Trinajstić information content (AvgIpc) is 2.95. The van der Waals surface area contributed by atoms with Crippen LogP contribution in [0.15, 0.2) is 0 Å². The van der Waals surface area contributed by atoms with Gasteiger partial charge in [-0.25, -0.2) is 4.90 Å². The predicted molar refractivity (Wildman–Crippen MR) is 74.9 cm³/mol. The van der Waals surface area contributed by atoms with Crippen LogP contribution in [0.3, 0.4) is 0 Å². The monoisotopic (exact) mass is 315 g/mol. The third-order valence-corrected chi connectivity index (χ3v) is 5.13. The molecule has 2 amide bonds. The summed E-state index contributed by atoms with van der Waals surface area (Å²) in [6.45, 7) is 3.40. The number of rotatable bonds is 5. The number of carbonyl (C=O) groups excluding carboxylic acids is 2. The summed E-state index contributed by atoms with van der Waals surface area (Å²) in [6.07, 6.45) is 0.685. The van der Waals surface area contributed by atoms with Crippen LogP contribution in [0.4, 0.5) is 5.13 Å². The molecule has 108 valence electrons. The standard InChI is InChI=1S/C11H13N3O4S2/c1-3-7-12-13-11(20-7)14-8(15)4-6(9(14)16)19-5(2)10(17)18/h5-6H,3-4H2,1-2H3,(H,17,18). The van der Waals surface area contributed by atoms with Gasteiger partial charge >= 0.3 is 5.97 Å². The number of aryl methyl sites for hydroxylation is 1. The number of thioether (sulfide) groups is 1. The van der Waals surface area contributed by atoms with Crippen molar-refractivity contribution in [3.05, 3.63) is 5.01 Å². The zero-order valence-corrected chi connectivity index (χ0v) is 12.5. The molecule has 2 rings (SSSR count). The van der Waals surface area contributed by atoms with Gasteiger partial charge in [-0.2, -0.15) is 0 Å². The highest BCUT2D eigenvalue weighted by Crippen LogP contribution is 2.33. The summed E-state index contributed by atoms with van der Waals surface area (Å²) in [4.78, 5) is 36.0. The molecule has 0 bridgehead atoms. The van der Waals surface area contributed by atoms with Crippen molar-refractivity contribution in [2.45, 2.75) is 37.2 Å². The molecule has 1 aliphatic heterocycles. The molecule has 0 aromatic carbocycles. The molecule has 2 unspecified atom stereocenters. The van der Waals surface area contributed by atoms with Crippen LogP contribution >= 0.6 is 23.1 Å². The first-order valence-electron chi connectivity index (χ1n) is 6.01. The molecule has 0 radical (unpaired) electrons. The van der Waals surface area contributed by atoms with Crippen LogP contribution in [-0.2, 0) is 20.8 Å². The Hall–Kier alpha value is -1.48. The summed E-state index contributed by atoms with van der Waals surface area (Å²) < 4.78 is 0. The van der Waals surface area contributed by atoms with Gasteiger partial charge in [-0.05, 0) is 13.3 Å². The average molecular weight is 315 g/mol. The fourth-order valence-electron chi connectivity index (χ4n) is 1.69. The summed E-state index contributed by atoms with van der Waals surface area (Å²) in [5.74, 6) is -1.77. The van der Waals surface area contributed by atoms with Crippen LogP contribution in [0.1, 0.15) is 25.3 Å². The van der Waals surface area contributed by atoms with Crippen molar-refractivity contribution in [2.24, 2.45) is 0 Å². The van der Waals surface area contributed by atoms with Gasteiger partial charge in [0.15, 0.2) is 0 Å². The highest BCUT2D eigenvalue weighted by molar-refractivity contribution is 8.01. The van der Waals surface area contributed by atoms with E-state index < -0.39 is 22.4 Å². The fraction of sp³-hybridized carbons (Fsp3) is 0.545. The van der Waals surface area contributed by atoms with Crippen molar-refractivity contribution in [2.75, 3.05) is 4.90 Å². The lowest BCUT2D eigenvalue weighted by Crippen LogP contribution is -2.31. The fourth-order valence-corrected chi connectivity index (χ4v) is 3.57. The molecular formula is C11H13N3O4S2. The minimum absolute atomic E-state index is 0.00214. The molecule has 20 heavy (non-hydrogen) atoms. The highest BCUT2D eigenvalue weighted by Gasteiger charge is 2.42. The summed E-state index contributed by atoms with van der Waals surface area (Å²) in [5.41, 5.74) is 0. The molecule has 9 heteroatoms. The Morgan fingerprint density at radius 2 is 2.25 bits per heavy atom. The lowest BCUT2D eigenvalue weighted by atomic mass is 10.3. The summed E-state index contributed by atoms with van der Waals surface area (Å²) >= 11 is 2.18. The number of hydrogen-bond acceptors (Lipinski definition) is 7. The Morgan fingerprint density at radius 3 is 2.80 bits per heavy atom. The highest BCUT2D eigenvalue weighted by atomic mass is 32.2. The van der Waals surface area contributed by atoms with Crippen LogP contribution < -0.4 is 4.90 Å². The topological polar surface area (TPSA) is 100 Å². The second kappa shape index (κ2) is 5.88. The number of carbonyl (C=O) groups is 3. The Balaban J connectivity index is 2.14. The smallest absolute Gasteiger partial charge is 0.316 e. The first-order chi connectivity index (χ1) is 9.43. The molecule has 2 atom stereocenters. The number of hydrogen-bond donors (Lipinski definition) is 1. The summed E-state index contributed by atoms with van der Waals surface area (Å²) in [6, 6.07) is 0. The van der Waals surface area contributed by atoms with Gasteiger partial charge in [0.05, 0.1) is 5.25 Å². The molecule has 1 aromatic rings. The number of carboxylic acids is 1. The van der Waals surface area contributed by atoms with Crippen LogP contribution in [0, 0.1) is 0 Å². The van der Waals surface area contributed by atoms with Crippen LogP contribution in [0.25, 0.3) is 0 Å². The normalized spacial score (nSPS) is 20.5. The van der Waals surface area contributed by atoms with E-state index in [1.807, 2.05) is 6.92 Å². The third kappa shape index (κ3) is 2.83. The number of aromatic nitrogens is 2. The lowest BCUT2D eigenvalue weighted by molar-refractivity contribution is -0.136. The maximum absolute atomic E-state index is 12.2. The van der Waals surface area contributed by atoms with E-state index in [9.17, 15) is 14.4 Å². The molecule has 1 saturated heterocycles. The molecule has 7 nitrogen and oxygen atoms in total. The molecule has 1 N–H and O–H groups in total. The molecule has 0 saturated carbocycles. The Bertz CT molecular complexity index is 560. The zero-order chi connectivity index (χ0) is 14.9. The van der Waals surface area contributed by atoms with E-state index in [0.717, 1.165) is 21.7 Å². The number of nitrogens with zero attached hydrogens (tertiary/aromatic N) is 3. The number of aliphatic carboxylic acids is 1. The van der Waals surface area contributed by atoms with E-state index in [2.05, 4.69) is 10.2 Å². The molecule has 1 aromatic heterocycles. The van der Waals surface area contributed by atoms with E-state index in [0.29, 0.717) is 6.42 Å². The van der Waals surface area contributed by atoms with E-state index in [4.69, 9.17) is 5.11 Å². The first-order valence-corrected chi connectivity index (χ1v) is 7.77. The second-order valence-corrected chi connectivity index (χ2v) is 6.80. The first kappa shape index (κ1) is 14.9. The van der Waals surface area contributed by atoms with Crippen molar-refractivity contribution < 1.29 is 19.5 Å². The number of amides is 2. The predicted octanol–water partition coefficient (Wildman–Crippen LogP) is 0.939. The van der Waals surface area contributed by atoms with Crippen molar-refractivity contribution in [3.63, 3.8) is 0 Å². The van der Waals surface area contributed by atoms with Gasteiger partial charge in [-0.1, -0.05) is 18.3 Å². The molecule has 2 heterocycles. The molecular weight excluding hydrogens is 302 g/mol. The third-order valence-electron chi connectivity index (χ3n) is 2.77. The maximum atomic E-state index is 12.2. The van der Waals surface area contributed by atoms with Gasteiger partial charge in [0.25, 0.3) is 0 Å². The Kier molecular flexibility index (Phi) is 4.39. The Morgan fingerprint density at radius 1 is 1.55 bits per heavy atom. The van der Waals surface area contributed by atoms with Crippen LogP contribution in [0.5, 0.6) is 0 Å². The Labute approximate surface area is 123 Å². The van der Waals surface area contributed by atoms with E-state index in [1.165, 1.54) is 18.3 Å². The number of imide groups is 1. The van der Waals surface area contributed by atoms with Gasteiger partial charge in [0, 0.05) is 6.42 Å². The lowest BCUT2D eigenvalue weighted by Gasteiger charge is -2.12. The maximum Gasteiger partial charge on any atom is 0.316 e. The van der Waals surface area contributed by atoms with Gasteiger partial charge in [-0.15, -0.1) is 22.0 Å². The van der Waals surface area contributed by atoms with Crippen LogP contribution in [-0.4, -0.2) is 43.6 Å². The second-order valence-electron chi connectivity index (χ2n) is 4.21. The van der Waals surface area contributed by atoms with Gasteiger partial charge in [0.2, 0.25) is 16.9 Å². The minimum Gasteiger partial charge on any atom is -0.480 e. The van der Waals surface area contributed by atoms with Crippen LogP contribution in [0.2, 0.25) is 0 Å². The summed E-state index contributed by atoms with van der Waals surface area (Å²) in [5, 5.41) is 16.2. The quantitative estimate of drug-likeness (QED) is 0.807. The molecule has 1 aliphatic rings.